The van der Waals surface area contributed by atoms with Crippen LogP contribution in [0.2, 0.25) is 0 Å². The van der Waals surface area contributed by atoms with Crippen molar-refractivity contribution in [3.8, 4) is 11.5 Å². The number of Topliss-reactive ketones (excluding diaryl/α,β-unsaturated/α-hetero) is 1. The van der Waals surface area contributed by atoms with Gasteiger partial charge in [-0.1, -0.05) is 34.6 Å². The molecule has 13 heteroatoms. The third-order valence-electron chi connectivity index (χ3n) is 12.5. The first-order valence-electron chi connectivity index (χ1n) is 20.8. The van der Waals surface area contributed by atoms with E-state index in [9.17, 15) is 28.0 Å². The average molecular weight is 788 g/mol. The highest BCUT2D eigenvalue weighted by atomic mass is 19.1. The number of fused-ring (bicyclic) bond motifs is 2. The molecule has 57 heavy (non-hydrogen) atoms. The van der Waals surface area contributed by atoms with Crippen molar-refractivity contribution in [2.75, 3.05) is 20.1 Å². The second-order valence-electron chi connectivity index (χ2n) is 16.5. The van der Waals surface area contributed by atoms with Gasteiger partial charge in [-0.15, -0.1) is 0 Å². The molecule has 2 aromatic carbocycles. The van der Waals surface area contributed by atoms with Crippen LogP contribution in [-0.4, -0.2) is 92.1 Å². The lowest BCUT2D eigenvalue weighted by Gasteiger charge is -2.32. The first-order chi connectivity index (χ1) is 27.3. The van der Waals surface area contributed by atoms with Crippen LogP contribution in [0.3, 0.4) is 0 Å². The van der Waals surface area contributed by atoms with Gasteiger partial charge in [-0.05, 0) is 101 Å². The zero-order valence-corrected chi connectivity index (χ0v) is 34.5. The first-order valence-corrected chi connectivity index (χ1v) is 20.8. The van der Waals surface area contributed by atoms with Crippen LogP contribution in [0.4, 0.5) is 8.78 Å². The summed E-state index contributed by atoms with van der Waals surface area (Å²) in [6, 6.07) is 7.71. The largest absolute Gasteiger partial charge is 0.352 e. The van der Waals surface area contributed by atoms with E-state index in [1.54, 1.807) is 26.1 Å². The topological polar surface area (TPSA) is 132 Å². The minimum atomic E-state index is -0.676. The van der Waals surface area contributed by atoms with Gasteiger partial charge < -0.3 is 30.0 Å². The number of ketones is 1. The van der Waals surface area contributed by atoms with Gasteiger partial charge in [-0.2, -0.15) is 0 Å². The van der Waals surface area contributed by atoms with Crippen LogP contribution in [-0.2, 0) is 32.1 Å². The van der Waals surface area contributed by atoms with Crippen molar-refractivity contribution < 1.29 is 28.0 Å². The van der Waals surface area contributed by atoms with Gasteiger partial charge in [0.2, 0.25) is 17.7 Å². The summed E-state index contributed by atoms with van der Waals surface area (Å²) < 4.78 is 31.6. The number of aromatic amines is 1. The molecule has 2 aromatic heterocycles. The molecule has 0 aliphatic carbocycles. The van der Waals surface area contributed by atoms with Crippen LogP contribution in [0.1, 0.15) is 92.1 Å². The Balaban J connectivity index is 1.38. The normalized spacial score (nSPS) is 19.4. The molecule has 6 unspecified atom stereocenters. The number of likely N-dealkylation sites (tertiary alicyclic amines) is 2. The molecule has 308 valence electrons. The summed E-state index contributed by atoms with van der Waals surface area (Å²) in [5.74, 6) is -1.37. The summed E-state index contributed by atoms with van der Waals surface area (Å²) in [7, 11) is 1.74. The van der Waals surface area contributed by atoms with E-state index in [-0.39, 0.29) is 59.9 Å². The number of amides is 3. The van der Waals surface area contributed by atoms with Gasteiger partial charge in [0.15, 0.2) is 5.82 Å². The van der Waals surface area contributed by atoms with Crippen LogP contribution < -0.4 is 10.6 Å². The lowest BCUT2D eigenvalue weighted by atomic mass is 9.94. The summed E-state index contributed by atoms with van der Waals surface area (Å²) in [6.07, 6.45) is 4.95. The predicted octanol–water partition coefficient (Wildman–Crippen LogP) is 6.77. The highest BCUT2D eigenvalue weighted by Crippen LogP contribution is 2.37. The maximum absolute atomic E-state index is 14.8. The summed E-state index contributed by atoms with van der Waals surface area (Å²) in [5.41, 5.74) is 3.23. The zero-order valence-electron chi connectivity index (χ0n) is 34.5. The maximum atomic E-state index is 14.8. The minimum absolute atomic E-state index is 0.00262. The molecule has 2 fully saturated rings. The molecule has 2 aliphatic heterocycles. The van der Waals surface area contributed by atoms with Crippen LogP contribution in [0.5, 0.6) is 0 Å². The molecule has 11 nitrogen and oxygen atoms in total. The fraction of sp³-hybridized carbons (Fsp3) is 0.568. The highest BCUT2D eigenvalue weighted by molar-refractivity contribution is 5.93. The van der Waals surface area contributed by atoms with Crippen LogP contribution in [0.25, 0.3) is 33.5 Å². The van der Waals surface area contributed by atoms with E-state index in [0.717, 1.165) is 36.6 Å². The van der Waals surface area contributed by atoms with Gasteiger partial charge >= 0.3 is 0 Å². The van der Waals surface area contributed by atoms with E-state index >= 15 is 0 Å². The second-order valence-corrected chi connectivity index (χ2v) is 16.5. The summed E-state index contributed by atoms with van der Waals surface area (Å²) in [5, 5.41) is 6.81. The summed E-state index contributed by atoms with van der Waals surface area (Å²) in [6.45, 7) is 12.9. The SMILES string of the molecule is CCC(C)C(=O)NC(C(=O)N1CCCC1Cn1c(-c2[nH]c3cc(F)ccc3c2CC2CCCN2C(=O)C(CC)CC(=O)C(C)NC)nc2cc(F)ccc21)C(C)C. The molecule has 3 N–H and O–H groups in total. The van der Waals surface area contributed by atoms with Crippen molar-refractivity contribution in [1.82, 2.24) is 35.0 Å². The molecule has 4 aromatic rings. The average Bonchev–Trinajstić information content (AvgIpc) is 4.00. The Bertz CT molecular complexity index is 2110. The van der Waals surface area contributed by atoms with Gasteiger partial charge in [0.05, 0.1) is 22.8 Å². The minimum Gasteiger partial charge on any atom is -0.352 e. The molecule has 3 amide bonds. The number of likely N-dealkylation sites (N-methyl/N-ethyl adjacent to an activating group) is 1. The van der Waals surface area contributed by atoms with Crippen LogP contribution in [0, 0.1) is 29.4 Å². The number of halogens is 2. The summed E-state index contributed by atoms with van der Waals surface area (Å²) in [4.78, 5) is 66.4. The number of nitrogens with zero attached hydrogens (tertiary/aromatic N) is 4. The Kier molecular flexibility index (Phi) is 13.2. The quantitative estimate of drug-likeness (QED) is 0.115. The van der Waals surface area contributed by atoms with E-state index in [1.165, 1.54) is 24.3 Å². The monoisotopic (exact) mass is 787 g/mol. The number of carbonyl (C=O) groups is 4. The lowest BCUT2D eigenvalue weighted by molar-refractivity contribution is -0.139. The lowest BCUT2D eigenvalue weighted by Crippen LogP contribution is -2.53. The third kappa shape index (κ3) is 8.78. The summed E-state index contributed by atoms with van der Waals surface area (Å²) >= 11 is 0. The smallest absolute Gasteiger partial charge is 0.245 e. The van der Waals surface area contributed by atoms with Crippen LogP contribution >= 0.6 is 0 Å². The molecular weight excluding hydrogens is 729 g/mol. The van der Waals surface area contributed by atoms with Gasteiger partial charge in [0.25, 0.3) is 0 Å². The van der Waals surface area contributed by atoms with E-state index in [4.69, 9.17) is 4.98 Å². The van der Waals surface area contributed by atoms with Crippen LogP contribution in [0.15, 0.2) is 36.4 Å². The zero-order chi connectivity index (χ0) is 41.1. The van der Waals surface area contributed by atoms with Gasteiger partial charge in [0, 0.05) is 66.9 Å². The van der Waals surface area contributed by atoms with Crippen molar-refractivity contribution >= 4 is 45.4 Å². The molecule has 2 aliphatic rings. The van der Waals surface area contributed by atoms with E-state index in [2.05, 4.69) is 15.6 Å². The van der Waals surface area contributed by atoms with Crippen molar-refractivity contribution in [2.45, 2.75) is 124 Å². The number of hydrogen-bond acceptors (Lipinski definition) is 6. The van der Waals surface area contributed by atoms with Crippen molar-refractivity contribution in [1.29, 1.82) is 0 Å². The molecule has 0 bridgehead atoms. The van der Waals surface area contributed by atoms with Gasteiger partial charge in [-0.25, -0.2) is 13.8 Å². The molecule has 4 heterocycles. The maximum Gasteiger partial charge on any atom is 0.245 e. The Morgan fingerprint density at radius 2 is 1.56 bits per heavy atom. The fourth-order valence-electron chi connectivity index (χ4n) is 8.60. The molecular formula is C44H59F2N7O4. The Morgan fingerprint density at radius 3 is 2.23 bits per heavy atom. The predicted molar refractivity (Wildman–Crippen MR) is 218 cm³/mol. The first kappa shape index (κ1) is 42.0. The van der Waals surface area contributed by atoms with E-state index in [1.807, 2.05) is 49.0 Å². The molecule has 0 radical (unpaired) electrons. The number of benzene rings is 2. The molecule has 6 atom stereocenters. The van der Waals surface area contributed by atoms with Crippen molar-refractivity contribution in [3.63, 3.8) is 0 Å². The fourth-order valence-corrected chi connectivity index (χ4v) is 8.60. The van der Waals surface area contributed by atoms with Gasteiger partial charge in [0.1, 0.15) is 23.5 Å². The van der Waals surface area contributed by atoms with E-state index in [0.29, 0.717) is 67.0 Å². The molecule has 6 rings (SSSR count). The number of carbonyl (C=O) groups excluding carboxylic acids is 4. The molecule has 0 spiro atoms. The second kappa shape index (κ2) is 17.9. The van der Waals surface area contributed by atoms with E-state index < -0.39 is 23.6 Å². The molecule has 0 saturated carbocycles. The number of hydrogen-bond donors (Lipinski definition) is 3. The number of nitrogens with one attached hydrogen (secondary N) is 3. The van der Waals surface area contributed by atoms with Crippen molar-refractivity contribution in [2.24, 2.45) is 17.8 Å². The third-order valence-corrected chi connectivity index (χ3v) is 12.5. The number of aromatic nitrogens is 3. The van der Waals surface area contributed by atoms with Gasteiger partial charge in [-0.3, -0.25) is 19.2 Å². The number of H-pyrrole nitrogens is 1. The Hall–Kier alpha value is -4.65. The Labute approximate surface area is 334 Å². The molecule has 2 saturated heterocycles. The Morgan fingerprint density at radius 1 is 0.895 bits per heavy atom. The highest BCUT2D eigenvalue weighted by Gasteiger charge is 2.38. The number of rotatable bonds is 16. The van der Waals surface area contributed by atoms with Crippen molar-refractivity contribution in [3.05, 3.63) is 53.6 Å². The number of imidazole rings is 1. The standard InChI is InChI=1S/C44H59F2N7O4/c1-8-26(5)42(55)50-39(25(3)4)44(57)52-19-11-13-32(52)24-53-37-17-15-30(46)22-36(37)49-41(53)40-34(33-16-14-29(45)21-35(33)48-40)23-31-12-10-18-51(31)43(56)28(9-2)20-38(54)27(6)47-7/h14-17,21-22,25-28,31-32,39,47-48H,8-13,18-20,23-24H2,1-7H3,(H,50,55).